The SMILES string of the molecule is CCC(C)C1CN(c2ccc(N3CCCC3)cc2)CCN1. The molecule has 3 heteroatoms. The Labute approximate surface area is 129 Å². The number of hydrogen-bond acceptors (Lipinski definition) is 3. The van der Waals surface area contributed by atoms with Gasteiger partial charge in [-0.1, -0.05) is 20.3 Å². The molecule has 3 nitrogen and oxygen atoms in total. The van der Waals surface area contributed by atoms with Crippen molar-refractivity contribution in [3.63, 3.8) is 0 Å². The summed E-state index contributed by atoms with van der Waals surface area (Å²) >= 11 is 0. The van der Waals surface area contributed by atoms with Gasteiger partial charge in [0.15, 0.2) is 0 Å². The molecule has 3 rings (SSSR count). The van der Waals surface area contributed by atoms with E-state index < -0.39 is 0 Å². The van der Waals surface area contributed by atoms with Crippen LogP contribution in [0.5, 0.6) is 0 Å². The van der Waals surface area contributed by atoms with Crippen molar-refractivity contribution >= 4 is 11.4 Å². The summed E-state index contributed by atoms with van der Waals surface area (Å²) in [4.78, 5) is 5.05. The molecule has 2 fully saturated rings. The summed E-state index contributed by atoms with van der Waals surface area (Å²) in [5.74, 6) is 0.747. The van der Waals surface area contributed by atoms with E-state index in [2.05, 4.69) is 53.2 Å². The van der Waals surface area contributed by atoms with Gasteiger partial charge in [0.2, 0.25) is 0 Å². The highest BCUT2D eigenvalue weighted by Gasteiger charge is 2.23. The molecule has 0 saturated carbocycles. The Balaban J connectivity index is 1.65. The van der Waals surface area contributed by atoms with Crippen LogP contribution in [-0.4, -0.2) is 38.8 Å². The van der Waals surface area contributed by atoms with E-state index in [1.54, 1.807) is 0 Å². The van der Waals surface area contributed by atoms with E-state index >= 15 is 0 Å². The van der Waals surface area contributed by atoms with Crippen molar-refractivity contribution in [3.05, 3.63) is 24.3 Å². The first-order valence-corrected chi connectivity index (χ1v) is 8.61. The second kappa shape index (κ2) is 6.69. The van der Waals surface area contributed by atoms with Crippen LogP contribution in [0.4, 0.5) is 11.4 Å². The summed E-state index contributed by atoms with van der Waals surface area (Å²) in [6.07, 6.45) is 3.94. The van der Waals surface area contributed by atoms with Crippen molar-refractivity contribution < 1.29 is 0 Å². The van der Waals surface area contributed by atoms with Crippen LogP contribution in [0.15, 0.2) is 24.3 Å². The fourth-order valence-corrected chi connectivity index (χ4v) is 3.53. The zero-order valence-electron chi connectivity index (χ0n) is 13.5. The van der Waals surface area contributed by atoms with Gasteiger partial charge < -0.3 is 15.1 Å². The first-order chi connectivity index (χ1) is 10.3. The van der Waals surface area contributed by atoms with E-state index in [0.29, 0.717) is 6.04 Å². The summed E-state index contributed by atoms with van der Waals surface area (Å²) in [5.41, 5.74) is 2.78. The van der Waals surface area contributed by atoms with Crippen molar-refractivity contribution in [1.29, 1.82) is 0 Å². The van der Waals surface area contributed by atoms with Crippen LogP contribution < -0.4 is 15.1 Å². The van der Waals surface area contributed by atoms with Crippen LogP contribution in [0.25, 0.3) is 0 Å². The lowest BCUT2D eigenvalue weighted by molar-refractivity contribution is 0.342. The fourth-order valence-electron chi connectivity index (χ4n) is 3.53. The van der Waals surface area contributed by atoms with Gasteiger partial charge in [0.1, 0.15) is 0 Å². The molecule has 2 saturated heterocycles. The van der Waals surface area contributed by atoms with Crippen molar-refractivity contribution in [3.8, 4) is 0 Å². The third-order valence-electron chi connectivity index (χ3n) is 5.22. The Morgan fingerprint density at radius 1 is 1.05 bits per heavy atom. The van der Waals surface area contributed by atoms with E-state index in [-0.39, 0.29) is 0 Å². The summed E-state index contributed by atoms with van der Waals surface area (Å²) in [6, 6.07) is 9.86. The van der Waals surface area contributed by atoms with Gasteiger partial charge in [-0.25, -0.2) is 0 Å². The predicted molar refractivity (Wildman–Crippen MR) is 91.3 cm³/mol. The zero-order valence-corrected chi connectivity index (χ0v) is 13.5. The van der Waals surface area contributed by atoms with Gasteiger partial charge in [0, 0.05) is 50.1 Å². The highest BCUT2D eigenvalue weighted by atomic mass is 15.2. The number of nitrogens with one attached hydrogen (secondary N) is 1. The van der Waals surface area contributed by atoms with Crippen LogP contribution in [0.3, 0.4) is 0 Å². The monoisotopic (exact) mass is 287 g/mol. The maximum absolute atomic E-state index is 3.68. The molecule has 116 valence electrons. The van der Waals surface area contributed by atoms with Crippen LogP contribution in [0, 0.1) is 5.92 Å². The van der Waals surface area contributed by atoms with E-state index in [4.69, 9.17) is 0 Å². The van der Waals surface area contributed by atoms with Crippen molar-refractivity contribution in [1.82, 2.24) is 5.32 Å². The summed E-state index contributed by atoms with van der Waals surface area (Å²) in [5, 5.41) is 3.68. The lowest BCUT2D eigenvalue weighted by Gasteiger charge is -2.38. The second-order valence-electron chi connectivity index (χ2n) is 6.60. The van der Waals surface area contributed by atoms with Gasteiger partial charge in [-0.05, 0) is 43.0 Å². The molecule has 0 spiro atoms. The molecule has 2 aliphatic heterocycles. The average molecular weight is 287 g/mol. The molecule has 21 heavy (non-hydrogen) atoms. The van der Waals surface area contributed by atoms with E-state index in [0.717, 1.165) is 25.6 Å². The second-order valence-corrected chi connectivity index (χ2v) is 6.60. The van der Waals surface area contributed by atoms with E-state index in [1.807, 2.05) is 0 Å². The molecule has 1 N–H and O–H groups in total. The molecular weight excluding hydrogens is 258 g/mol. The normalized spacial score (nSPS) is 24.4. The van der Waals surface area contributed by atoms with Crippen molar-refractivity contribution in [2.45, 2.75) is 39.2 Å². The van der Waals surface area contributed by atoms with E-state index in [1.165, 1.54) is 43.7 Å². The zero-order chi connectivity index (χ0) is 14.7. The third kappa shape index (κ3) is 3.34. The first-order valence-electron chi connectivity index (χ1n) is 8.61. The van der Waals surface area contributed by atoms with Crippen molar-refractivity contribution in [2.75, 3.05) is 42.5 Å². The highest BCUT2D eigenvalue weighted by Crippen LogP contribution is 2.25. The number of rotatable bonds is 4. The van der Waals surface area contributed by atoms with Crippen LogP contribution in [0.2, 0.25) is 0 Å². The summed E-state index contributed by atoms with van der Waals surface area (Å²) in [6.45, 7) is 10.5. The average Bonchev–Trinajstić information content (AvgIpc) is 3.09. The van der Waals surface area contributed by atoms with Crippen molar-refractivity contribution in [2.24, 2.45) is 5.92 Å². The fraction of sp³-hybridized carbons (Fsp3) is 0.667. The molecule has 0 amide bonds. The lowest BCUT2D eigenvalue weighted by Crippen LogP contribution is -2.53. The highest BCUT2D eigenvalue weighted by molar-refractivity contribution is 5.57. The minimum Gasteiger partial charge on any atom is -0.372 e. The molecule has 0 aromatic heterocycles. The molecule has 2 unspecified atom stereocenters. The van der Waals surface area contributed by atoms with Gasteiger partial charge in [-0.15, -0.1) is 0 Å². The molecule has 2 atom stereocenters. The maximum Gasteiger partial charge on any atom is 0.0368 e. The Morgan fingerprint density at radius 3 is 2.29 bits per heavy atom. The van der Waals surface area contributed by atoms with Gasteiger partial charge in [-0.2, -0.15) is 0 Å². The minimum atomic E-state index is 0.627. The standard InChI is InChI=1S/C18H29N3/c1-3-15(2)18-14-21(13-10-19-18)17-8-6-16(7-9-17)20-11-4-5-12-20/h6-9,15,18-19H,3-5,10-14H2,1-2H3. The Morgan fingerprint density at radius 2 is 1.67 bits per heavy atom. The number of anilines is 2. The van der Waals surface area contributed by atoms with E-state index in [9.17, 15) is 0 Å². The number of nitrogens with zero attached hydrogens (tertiary/aromatic N) is 2. The quantitative estimate of drug-likeness (QED) is 0.918. The lowest BCUT2D eigenvalue weighted by atomic mass is 9.97. The minimum absolute atomic E-state index is 0.627. The largest absolute Gasteiger partial charge is 0.372 e. The van der Waals surface area contributed by atoms with Gasteiger partial charge in [0.05, 0.1) is 0 Å². The Kier molecular flexibility index (Phi) is 4.69. The molecular formula is C18H29N3. The third-order valence-corrected chi connectivity index (χ3v) is 5.22. The molecule has 1 aromatic rings. The Bertz CT molecular complexity index is 436. The molecule has 2 aliphatic rings. The van der Waals surface area contributed by atoms with Crippen LogP contribution >= 0.6 is 0 Å². The number of hydrogen-bond donors (Lipinski definition) is 1. The first kappa shape index (κ1) is 14.7. The number of piperazine rings is 1. The smallest absolute Gasteiger partial charge is 0.0368 e. The molecule has 0 radical (unpaired) electrons. The van der Waals surface area contributed by atoms with Gasteiger partial charge in [0.25, 0.3) is 0 Å². The molecule has 2 heterocycles. The molecule has 1 aromatic carbocycles. The predicted octanol–water partition coefficient (Wildman–Crippen LogP) is 3.11. The molecule has 0 bridgehead atoms. The van der Waals surface area contributed by atoms with Gasteiger partial charge in [-0.3, -0.25) is 0 Å². The summed E-state index contributed by atoms with van der Waals surface area (Å²) < 4.78 is 0. The molecule has 0 aliphatic carbocycles. The maximum atomic E-state index is 3.68. The number of benzene rings is 1. The van der Waals surface area contributed by atoms with Crippen LogP contribution in [0.1, 0.15) is 33.1 Å². The van der Waals surface area contributed by atoms with Gasteiger partial charge >= 0.3 is 0 Å². The topological polar surface area (TPSA) is 18.5 Å². The Hall–Kier alpha value is -1.22. The van der Waals surface area contributed by atoms with Crippen LogP contribution in [-0.2, 0) is 0 Å². The summed E-state index contributed by atoms with van der Waals surface area (Å²) in [7, 11) is 0.